The van der Waals surface area contributed by atoms with Crippen molar-refractivity contribution in [1.82, 2.24) is 0 Å². The number of hydrogen-bond donors (Lipinski definition) is 1. The first-order valence-corrected chi connectivity index (χ1v) is 5.57. The molecule has 76 valence electrons. The van der Waals surface area contributed by atoms with E-state index in [1.807, 2.05) is 6.92 Å². The summed E-state index contributed by atoms with van der Waals surface area (Å²) in [6, 6.07) is 0. The third kappa shape index (κ3) is 3.87. The van der Waals surface area contributed by atoms with E-state index in [2.05, 4.69) is 0 Å². The van der Waals surface area contributed by atoms with E-state index >= 15 is 0 Å². The normalized spacial score (nSPS) is 23.6. The standard InChI is InChI=1S/C9H12O3S.Ca.2H/c1-2-5-8-6-3-4-7-9(8)13(10,11)12;;;/h3-7,9H,2H2,1H3,(H,10,11,12);;;. The first-order chi connectivity index (χ1) is 6.05. The van der Waals surface area contributed by atoms with Gasteiger partial charge < -0.3 is 0 Å². The predicted molar refractivity (Wildman–Crippen MR) is 60.5 cm³/mol. The fourth-order valence-corrected chi connectivity index (χ4v) is 2.04. The Balaban J connectivity index is 0.00000169. The Labute approximate surface area is 114 Å². The van der Waals surface area contributed by atoms with Gasteiger partial charge in [-0.3, -0.25) is 4.55 Å². The molecule has 1 aliphatic rings. The zero-order valence-corrected chi connectivity index (χ0v) is 8.16. The Bertz CT molecular complexity index is 366. The van der Waals surface area contributed by atoms with Gasteiger partial charge in [0.25, 0.3) is 10.1 Å². The molecule has 3 nitrogen and oxygen atoms in total. The Kier molecular flexibility index (Phi) is 6.25. The van der Waals surface area contributed by atoms with E-state index in [1.54, 1.807) is 24.3 Å². The van der Waals surface area contributed by atoms with Gasteiger partial charge in [-0.2, -0.15) is 8.42 Å². The summed E-state index contributed by atoms with van der Waals surface area (Å²) in [5.41, 5.74) is 0.632. The predicted octanol–water partition coefficient (Wildman–Crippen LogP) is 0.789. The van der Waals surface area contributed by atoms with Crippen LogP contribution in [-0.2, 0) is 10.1 Å². The van der Waals surface area contributed by atoms with Crippen LogP contribution in [0.2, 0.25) is 0 Å². The van der Waals surface area contributed by atoms with Crippen molar-refractivity contribution in [2.45, 2.75) is 18.6 Å². The summed E-state index contributed by atoms with van der Waals surface area (Å²) < 4.78 is 30.7. The number of allylic oxidation sites excluding steroid dienone is 4. The van der Waals surface area contributed by atoms with E-state index in [-0.39, 0.29) is 37.7 Å². The molecule has 0 saturated carbocycles. The zero-order valence-electron chi connectivity index (χ0n) is 7.34. The minimum atomic E-state index is -4.00. The molecule has 1 N–H and O–H groups in total. The Morgan fingerprint density at radius 1 is 1.50 bits per heavy atom. The maximum atomic E-state index is 10.9. The van der Waals surface area contributed by atoms with Gasteiger partial charge in [-0.1, -0.05) is 37.3 Å². The maximum absolute atomic E-state index is 10.9. The van der Waals surface area contributed by atoms with Gasteiger partial charge in [0.05, 0.1) is 0 Å². The SMILES string of the molecule is CCC=C1C=CC=CC1S(=O)(=O)O.[CaH2]. The van der Waals surface area contributed by atoms with Gasteiger partial charge in [0.1, 0.15) is 5.25 Å². The van der Waals surface area contributed by atoms with Crippen molar-refractivity contribution in [2.24, 2.45) is 0 Å². The molecule has 0 spiro atoms. The van der Waals surface area contributed by atoms with Crippen LogP contribution in [0.15, 0.2) is 36.0 Å². The molecule has 5 heteroatoms. The van der Waals surface area contributed by atoms with E-state index in [0.717, 1.165) is 6.42 Å². The molecule has 0 aromatic heterocycles. The first kappa shape index (κ1) is 14.4. The van der Waals surface area contributed by atoms with Gasteiger partial charge in [-0.15, -0.1) is 0 Å². The van der Waals surface area contributed by atoms with Crippen LogP contribution < -0.4 is 0 Å². The zero-order chi connectivity index (χ0) is 9.90. The molecule has 0 bridgehead atoms. The summed E-state index contributed by atoms with van der Waals surface area (Å²) in [6.45, 7) is 1.92. The molecule has 1 aliphatic carbocycles. The molecular weight excluding hydrogens is 228 g/mol. The molecule has 0 radical (unpaired) electrons. The average Bonchev–Trinajstić information content (AvgIpc) is 2.04. The summed E-state index contributed by atoms with van der Waals surface area (Å²) in [7, 11) is -4.00. The number of rotatable bonds is 2. The molecule has 1 rings (SSSR count). The van der Waals surface area contributed by atoms with Crippen molar-refractivity contribution < 1.29 is 13.0 Å². The Hall–Kier alpha value is 0.390. The molecule has 0 aromatic rings. The Morgan fingerprint density at radius 2 is 2.14 bits per heavy atom. The molecule has 1 unspecified atom stereocenters. The molecule has 14 heavy (non-hydrogen) atoms. The third-order valence-corrected chi connectivity index (χ3v) is 2.85. The van der Waals surface area contributed by atoms with Gasteiger partial charge in [-0.05, 0) is 12.0 Å². The van der Waals surface area contributed by atoms with Crippen LogP contribution in [0, 0.1) is 0 Å². The van der Waals surface area contributed by atoms with Crippen molar-refractivity contribution >= 4 is 47.9 Å². The third-order valence-electron chi connectivity index (χ3n) is 1.77. The van der Waals surface area contributed by atoms with Crippen LogP contribution in [0.4, 0.5) is 0 Å². The van der Waals surface area contributed by atoms with Crippen LogP contribution in [0.5, 0.6) is 0 Å². The molecule has 0 heterocycles. The van der Waals surface area contributed by atoms with Gasteiger partial charge >= 0.3 is 37.7 Å². The second-order valence-electron chi connectivity index (χ2n) is 2.79. The summed E-state index contributed by atoms with van der Waals surface area (Å²) in [4.78, 5) is 0. The fourth-order valence-electron chi connectivity index (χ4n) is 1.23. The van der Waals surface area contributed by atoms with E-state index < -0.39 is 15.4 Å². The molecular formula is C9H14CaO3S. The summed E-state index contributed by atoms with van der Waals surface area (Å²) in [6.07, 6.45) is 9.07. The van der Waals surface area contributed by atoms with Crippen LogP contribution in [0.3, 0.4) is 0 Å². The molecule has 0 fully saturated rings. The summed E-state index contributed by atoms with van der Waals surface area (Å²) >= 11 is 0. The average molecular weight is 242 g/mol. The van der Waals surface area contributed by atoms with E-state index in [4.69, 9.17) is 4.55 Å². The molecule has 0 amide bonds. The van der Waals surface area contributed by atoms with Crippen LogP contribution in [0.25, 0.3) is 0 Å². The van der Waals surface area contributed by atoms with Crippen LogP contribution in [0.1, 0.15) is 13.3 Å². The summed E-state index contributed by atoms with van der Waals surface area (Å²) in [5.74, 6) is 0. The van der Waals surface area contributed by atoms with Gasteiger partial charge in [0.2, 0.25) is 0 Å². The van der Waals surface area contributed by atoms with Crippen LogP contribution in [-0.4, -0.2) is 56.0 Å². The second-order valence-corrected chi connectivity index (χ2v) is 4.33. The second kappa shape index (κ2) is 6.08. The van der Waals surface area contributed by atoms with Crippen molar-refractivity contribution in [1.29, 1.82) is 0 Å². The van der Waals surface area contributed by atoms with E-state index in [1.165, 1.54) is 6.08 Å². The van der Waals surface area contributed by atoms with Crippen molar-refractivity contribution in [2.75, 3.05) is 0 Å². The van der Waals surface area contributed by atoms with Crippen molar-refractivity contribution in [3.05, 3.63) is 36.0 Å². The summed E-state index contributed by atoms with van der Waals surface area (Å²) in [5, 5.41) is -0.891. The van der Waals surface area contributed by atoms with E-state index in [0.29, 0.717) is 5.57 Å². The van der Waals surface area contributed by atoms with Gasteiger partial charge in [-0.25, -0.2) is 0 Å². The quantitative estimate of drug-likeness (QED) is 0.575. The van der Waals surface area contributed by atoms with Gasteiger partial charge in [0.15, 0.2) is 0 Å². The minimum absolute atomic E-state index is 0. The van der Waals surface area contributed by atoms with Crippen molar-refractivity contribution in [3.8, 4) is 0 Å². The molecule has 0 aromatic carbocycles. The monoisotopic (exact) mass is 242 g/mol. The topological polar surface area (TPSA) is 54.4 Å². The Morgan fingerprint density at radius 3 is 2.64 bits per heavy atom. The first-order valence-electron chi connectivity index (χ1n) is 4.07. The number of hydrogen-bond acceptors (Lipinski definition) is 2. The van der Waals surface area contributed by atoms with Gasteiger partial charge in [0, 0.05) is 0 Å². The van der Waals surface area contributed by atoms with Crippen LogP contribution >= 0.6 is 0 Å². The van der Waals surface area contributed by atoms with Crippen molar-refractivity contribution in [3.63, 3.8) is 0 Å². The fraction of sp³-hybridized carbons (Fsp3) is 0.333. The molecule has 0 saturated heterocycles. The van der Waals surface area contributed by atoms with E-state index in [9.17, 15) is 8.42 Å². The molecule has 1 atom stereocenters. The molecule has 0 aliphatic heterocycles.